The van der Waals surface area contributed by atoms with Crippen molar-refractivity contribution >= 4 is 65.5 Å². The van der Waals surface area contributed by atoms with Crippen LogP contribution in [0.2, 0.25) is 0 Å². The molecule has 0 saturated heterocycles. The average Bonchev–Trinajstić information content (AvgIpc) is 3.49. The molecule has 0 unspecified atom stereocenters. The number of fused-ring (bicyclic) bond motifs is 4. The first-order chi connectivity index (χ1) is 22.2. The molecule has 0 aliphatic heterocycles. The molecule has 1 aromatic heterocycles. The summed E-state index contributed by atoms with van der Waals surface area (Å²) >= 11 is 3.65. The van der Waals surface area contributed by atoms with Crippen molar-refractivity contribution < 1.29 is 9.47 Å². The Labute approximate surface area is 281 Å². The Morgan fingerprint density at radius 1 is 0.652 bits per heavy atom. The minimum Gasteiger partial charge on any atom is -0.366 e. The Kier molecular flexibility index (Phi) is 9.20. The maximum Gasteiger partial charge on any atom is 0.125 e. The third kappa shape index (κ3) is 6.29. The molecule has 4 heteroatoms. The first-order valence-electron chi connectivity index (χ1n) is 16.0. The van der Waals surface area contributed by atoms with E-state index in [1.165, 1.54) is 35.5 Å². The van der Waals surface area contributed by atoms with Crippen molar-refractivity contribution in [3.05, 3.63) is 95.6 Å². The topological polar surface area (TPSA) is 18.5 Å². The number of thiophene rings is 1. The highest BCUT2D eigenvalue weighted by Gasteiger charge is 2.21. The number of aryl methyl sites for hydroxylation is 1. The molecule has 0 spiro atoms. The van der Waals surface area contributed by atoms with E-state index in [9.17, 15) is 0 Å². The first kappa shape index (κ1) is 32.2. The fourth-order valence-electron chi connectivity index (χ4n) is 5.61. The fraction of sp³-hybridized carbons (Fsp3) is 0.286. The molecule has 2 atom stereocenters. The molecular formula is C42H40O2S2. The summed E-state index contributed by atoms with van der Waals surface area (Å²) in [6.07, 6.45) is 2.63. The van der Waals surface area contributed by atoms with Gasteiger partial charge in [0.2, 0.25) is 0 Å². The van der Waals surface area contributed by atoms with Gasteiger partial charge < -0.3 is 9.47 Å². The van der Waals surface area contributed by atoms with Gasteiger partial charge in [0.05, 0.1) is 4.21 Å². The van der Waals surface area contributed by atoms with E-state index >= 15 is 0 Å². The summed E-state index contributed by atoms with van der Waals surface area (Å²) in [5.74, 6) is 14.3. The molecule has 0 saturated carbocycles. The van der Waals surface area contributed by atoms with Gasteiger partial charge in [-0.2, -0.15) is 0 Å². The van der Waals surface area contributed by atoms with Gasteiger partial charge in [0.1, 0.15) is 11.2 Å². The molecule has 2 nitrogen and oxygen atoms in total. The van der Waals surface area contributed by atoms with Gasteiger partial charge in [-0.1, -0.05) is 92.6 Å². The second-order valence-corrected chi connectivity index (χ2v) is 14.6. The molecular weight excluding hydrogens is 601 g/mol. The normalized spacial score (nSPS) is 14.1. The lowest BCUT2D eigenvalue weighted by Crippen LogP contribution is -2.23. The Balaban J connectivity index is 1.68. The van der Waals surface area contributed by atoms with Crippen LogP contribution in [0.15, 0.2) is 88.0 Å². The number of benzene rings is 5. The zero-order valence-corrected chi connectivity index (χ0v) is 29.4. The van der Waals surface area contributed by atoms with Crippen LogP contribution in [-0.4, -0.2) is 25.4 Å². The number of hydrogen-bond acceptors (Lipinski definition) is 4. The largest absolute Gasteiger partial charge is 0.366 e. The molecule has 6 aromatic rings. The minimum atomic E-state index is -0.543. The number of methoxy groups -OCH3 is 2. The molecule has 232 valence electrons. The van der Waals surface area contributed by atoms with Gasteiger partial charge in [0.15, 0.2) is 0 Å². The predicted molar refractivity (Wildman–Crippen MR) is 199 cm³/mol. The second kappa shape index (κ2) is 13.2. The molecule has 0 N–H and O–H groups in total. The zero-order chi connectivity index (χ0) is 32.5. The minimum absolute atomic E-state index is 0.542. The van der Waals surface area contributed by atoms with Crippen molar-refractivity contribution in [3.63, 3.8) is 0 Å². The van der Waals surface area contributed by atoms with Crippen LogP contribution in [0.4, 0.5) is 0 Å². The smallest absolute Gasteiger partial charge is 0.125 e. The summed E-state index contributed by atoms with van der Waals surface area (Å²) in [6, 6.07) is 29.0. The number of ether oxygens (including phenoxy) is 2. The first-order valence-corrected chi connectivity index (χ1v) is 17.6. The summed E-state index contributed by atoms with van der Waals surface area (Å²) in [7, 11) is 3.48. The molecule has 0 fully saturated rings. The lowest BCUT2D eigenvalue weighted by molar-refractivity contribution is 0.0541. The highest BCUT2D eigenvalue weighted by atomic mass is 32.2. The monoisotopic (exact) mass is 640 g/mol. The molecule has 0 bridgehead atoms. The van der Waals surface area contributed by atoms with Crippen molar-refractivity contribution in [3.8, 4) is 23.7 Å². The highest BCUT2D eigenvalue weighted by molar-refractivity contribution is 8.01. The van der Waals surface area contributed by atoms with Crippen molar-refractivity contribution in [2.45, 2.75) is 74.2 Å². The third-order valence-corrected chi connectivity index (χ3v) is 11.5. The lowest BCUT2D eigenvalue weighted by atomic mass is 9.89. The van der Waals surface area contributed by atoms with Gasteiger partial charge in [-0.05, 0) is 113 Å². The van der Waals surface area contributed by atoms with Crippen LogP contribution in [0.1, 0.15) is 64.2 Å². The second-order valence-electron chi connectivity index (χ2n) is 12.2. The van der Waals surface area contributed by atoms with Crippen molar-refractivity contribution in [1.29, 1.82) is 0 Å². The van der Waals surface area contributed by atoms with Gasteiger partial charge in [-0.3, -0.25) is 0 Å². The molecule has 46 heavy (non-hydrogen) atoms. The van der Waals surface area contributed by atoms with Gasteiger partial charge in [-0.25, -0.2) is 0 Å². The van der Waals surface area contributed by atoms with Crippen molar-refractivity contribution in [2.75, 3.05) is 14.2 Å². The van der Waals surface area contributed by atoms with Gasteiger partial charge in [0, 0.05) is 40.3 Å². The Hall–Kier alpha value is -3.77. The van der Waals surface area contributed by atoms with Crippen LogP contribution < -0.4 is 0 Å². The Bertz CT molecular complexity index is 2060. The van der Waals surface area contributed by atoms with E-state index in [4.69, 9.17) is 9.47 Å². The Morgan fingerprint density at radius 2 is 1.15 bits per heavy atom. The fourth-order valence-corrected chi connectivity index (χ4v) is 7.84. The average molecular weight is 641 g/mol. The summed E-state index contributed by atoms with van der Waals surface area (Å²) in [6.45, 7) is 10.5. The van der Waals surface area contributed by atoms with E-state index in [2.05, 4.69) is 137 Å². The van der Waals surface area contributed by atoms with E-state index < -0.39 is 11.2 Å². The molecule has 0 aliphatic carbocycles. The maximum atomic E-state index is 5.86. The molecule has 1 heterocycles. The molecule has 0 aliphatic rings. The van der Waals surface area contributed by atoms with E-state index in [1.807, 2.05) is 23.1 Å². The van der Waals surface area contributed by atoms with Crippen LogP contribution in [-0.2, 0) is 15.9 Å². The van der Waals surface area contributed by atoms with Crippen LogP contribution in [0, 0.1) is 23.7 Å². The Morgan fingerprint density at radius 3 is 1.63 bits per heavy atom. The van der Waals surface area contributed by atoms with E-state index in [0.29, 0.717) is 0 Å². The van der Waals surface area contributed by atoms with Gasteiger partial charge in [-0.15, -0.1) is 11.3 Å². The summed E-state index contributed by atoms with van der Waals surface area (Å²) in [5.41, 5.74) is 2.30. The highest BCUT2D eigenvalue weighted by Crippen LogP contribution is 2.42. The van der Waals surface area contributed by atoms with Crippen molar-refractivity contribution in [1.82, 2.24) is 0 Å². The van der Waals surface area contributed by atoms with E-state index in [0.717, 1.165) is 51.9 Å². The van der Waals surface area contributed by atoms with E-state index in [-0.39, 0.29) is 0 Å². The summed E-state index contributed by atoms with van der Waals surface area (Å²) < 4.78 is 14.2. The SMILES string of the molecule is CCc1ccc(Sc2cc3cc4c(C#C[C@@](C)(CC)OC)c5cc6ccccc6cc5c(C#C[C@](C)(CC)OC)c4cc3s2)cc1. The molecule has 5 aromatic carbocycles. The van der Waals surface area contributed by atoms with Crippen LogP contribution >= 0.6 is 23.1 Å². The van der Waals surface area contributed by atoms with Crippen molar-refractivity contribution in [2.24, 2.45) is 0 Å². The summed E-state index contributed by atoms with van der Waals surface area (Å²) in [4.78, 5) is 1.25. The molecule has 0 radical (unpaired) electrons. The van der Waals surface area contributed by atoms with Gasteiger partial charge >= 0.3 is 0 Å². The van der Waals surface area contributed by atoms with Gasteiger partial charge in [0.25, 0.3) is 0 Å². The lowest BCUT2D eigenvalue weighted by Gasteiger charge is -2.20. The predicted octanol–water partition coefficient (Wildman–Crippen LogP) is 11.4. The van der Waals surface area contributed by atoms with Crippen LogP contribution in [0.5, 0.6) is 0 Å². The quantitative estimate of drug-likeness (QED) is 0.128. The third-order valence-electron chi connectivity index (χ3n) is 9.30. The number of rotatable bonds is 7. The molecule has 6 rings (SSSR count). The van der Waals surface area contributed by atoms with Crippen LogP contribution in [0.3, 0.4) is 0 Å². The maximum absolute atomic E-state index is 5.86. The van der Waals surface area contributed by atoms with E-state index in [1.54, 1.807) is 14.2 Å². The zero-order valence-electron chi connectivity index (χ0n) is 27.8. The standard InChI is InChI=1S/C42H40O2S2/c1-8-28-15-17-32(18-16-28)45-40-26-31-25-37-33(19-21-41(4,9-2)43-6)35-23-29-13-11-12-14-30(29)24-36(35)34(38(37)27-39(31)46-40)20-22-42(5,10-3)44-7/h11-18,23-27H,8-10H2,1-7H3/t41-,42+/m1/s1. The van der Waals surface area contributed by atoms with Crippen LogP contribution in [0.25, 0.3) is 42.4 Å². The summed E-state index contributed by atoms with van der Waals surface area (Å²) in [5, 5.41) is 8.01. The number of hydrogen-bond donors (Lipinski definition) is 0. The molecule has 0 amide bonds.